The van der Waals surface area contributed by atoms with Crippen molar-refractivity contribution in [1.29, 1.82) is 0 Å². The van der Waals surface area contributed by atoms with Crippen LogP contribution in [0.5, 0.6) is 0 Å². The summed E-state index contributed by atoms with van der Waals surface area (Å²) < 4.78 is 24.7. The summed E-state index contributed by atoms with van der Waals surface area (Å²) in [7, 11) is 0. The van der Waals surface area contributed by atoms with Crippen molar-refractivity contribution in [2.24, 2.45) is 0 Å². The first-order valence-electron chi connectivity index (χ1n) is 8.15. The van der Waals surface area contributed by atoms with Gasteiger partial charge in [0.05, 0.1) is 11.8 Å². The van der Waals surface area contributed by atoms with Gasteiger partial charge in [-0.05, 0) is 48.9 Å². The Bertz CT molecular complexity index is 1120. The van der Waals surface area contributed by atoms with E-state index in [1.54, 1.807) is 42.7 Å². The van der Waals surface area contributed by atoms with Crippen molar-refractivity contribution in [2.45, 2.75) is 6.92 Å². The predicted molar refractivity (Wildman–Crippen MR) is 96.5 cm³/mol. The van der Waals surface area contributed by atoms with E-state index in [0.29, 0.717) is 17.0 Å². The maximum atomic E-state index is 13.7. The van der Waals surface area contributed by atoms with E-state index in [4.69, 9.17) is 8.83 Å². The van der Waals surface area contributed by atoms with Gasteiger partial charge in [0, 0.05) is 11.3 Å². The molecule has 27 heavy (non-hydrogen) atoms. The Hall–Kier alpha value is -3.74. The molecule has 0 aliphatic heterocycles. The molecule has 0 spiro atoms. The standard InChI is InChI=1S/C20H14FN3O3/c1-12-9-17(26-11-12)20-24-23-19(27-20)13-5-4-6-14(10-13)22-18(25)15-7-2-3-8-16(15)21/h2-11H,1H3,(H,22,25). The number of rotatable bonds is 4. The second kappa shape index (κ2) is 6.87. The molecule has 1 N–H and O–H groups in total. The number of anilines is 1. The summed E-state index contributed by atoms with van der Waals surface area (Å²) in [5.41, 5.74) is 2.01. The van der Waals surface area contributed by atoms with Gasteiger partial charge in [-0.1, -0.05) is 18.2 Å². The van der Waals surface area contributed by atoms with Crippen LogP contribution in [0.3, 0.4) is 0 Å². The number of carbonyl (C=O) groups is 1. The van der Waals surface area contributed by atoms with Gasteiger partial charge in [-0.25, -0.2) is 4.39 Å². The molecule has 1 amide bonds. The minimum absolute atomic E-state index is 0.0313. The molecule has 2 aromatic heterocycles. The fraction of sp³-hybridized carbons (Fsp3) is 0.0500. The first-order chi connectivity index (χ1) is 13.1. The number of hydrogen-bond acceptors (Lipinski definition) is 5. The summed E-state index contributed by atoms with van der Waals surface area (Å²) in [5, 5.41) is 10.7. The summed E-state index contributed by atoms with van der Waals surface area (Å²) in [5.74, 6) is -0.0980. The SMILES string of the molecule is Cc1coc(-c2nnc(-c3cccc(NC(=O)c4ccccc4F)c3)o2)c1. The van der Waals surface area contributed by atoms with Gasteiger partial charge >= 0.3 is 0 Å². The zero-order valence-corrected chi connectivity index (χ0v) is 14.3. The predicted octanol–water partition coefficient (Wildman–Crippen LogP) is 4.70. The normalized spacial score (nSPS) is 10.7. The second-order valence-electron chi connectivity index (χ2n) is 5.92. The van der Waals surface area contributed by atoms with Crippen molar-refractivity contribution in [3.05, 3.63) is 77.8 Å². The summed E-state index contributed by atoms with van der Waals surface area (Å²) >= 11 is 0. The van der Waals surface area contributed by atoms with Gasteiger partial charge in [-0.2, -0.15) is 0 Å². The summed E-state index contributed by atoms with van der Waals surface area (Å²) in [6, 6.07) is 14.4. The first kappa shape index (κ1) is 16.7. The number of amides is 1. The zero-order chi connectivity index (χ0) is 18.8. The Morgan fingerprint density at radius 2 is 1.85 bits per heavy atom. The van der Waals surface area contributed by atoms with Crippen LogP contribution < -0.4 is 5.32 Å². The quantitative estimate of drug-likeness (QED) is 0.568. The number of nitrogens with one attached hydrogen (secondary N) is 1. The number of carbonyl (C=O) groups excluding carboxylic acids is 1. The van der Waals surface area contributed by atoms with Crippen molar-refractivity contribution in [1.82, 2.24) is 10.2 Å². The van der Waals surface area contributed by atoms with E-state index in [0.717, 1.165) is 5.56 Å². The van der Waals surface area contributed by atoms with E-state index < -0.39 is 11.7 Å². The van der Waals surface area contributed by atoms with Gasteiger partial charge in [0.15, 0.2) is 5.76 Å². The van der Waals surface area contributed by atoms with E-state index in [-0.39, 0.29) is 17.3 Å². The Morgan fingerprint density at radius 1 is 1.04 bits per heavy atom. The number of aryl methyl sites for hydroxylation is 1. The van der Waals surface area contributed by atoms with Crippen molar-refractivity contribution in [3.63, 3.8) is 0 Å². The minimum atomic E-state index is -0.582. The molecule has 134 valence electrons. The van der Waals surface area contributed by atoms with Gasteiger partial charge < -0.3 is 14.2 Å². The lowest BCUT2D eigenvalue weighted by atomic mass is 10.1. The highest BCUT2D eigenvalue weighted by Crippen LogP contribution is 2.27. The third-order valence-corrected chi connectivity index (χ3v) is 3.85. The minimum Gasteiger partial charge on any atom is -0.459 e. The van der Waals surface area contributed by atoms with E-state index >= 15 is 0 Å². The Morgan fingerprint density at radius 3 is 2.63 bits per heavy atom. The average molecular weight is 363 g/mol. The number of benzene rings is 2. The molecule has 0 aliphatic carbocycles. The fourth-order valence-electron chi connectivity index (χ4n) is 2.56. The largest absolute Gasteiger partial charge is 0.459 e. The Labute approximate surface area is 153 Å². The molecule has 0 radical (unpaired) electrons. The molecule has 0 unspecified atom stereocenters. The van der Waals surface area contributed by atoms with Gasteiger partial charge in [0.1, 0.15) is 5.82 Å². The molecule has 4 aromatic rings. The van der Waals surface area contributed by atoms with E-state index in [1.165, 1.54) is 18.2 Å². The lowest BCUT2D eigenvalue weighted by Crippen LogP contribution is -2.13. The highest BCUT2D eigenvalue weighted by molar-refractivity contribution is 6.04. The highest BCUT2D eigenvalue weighted by atomic mass is 19.1. The molecule has 0 atom stereocenters. The fourth-order valence-corrected chi connectivity index (χ4v) is 2.56. The first-order valence-corrected chi connectivity index (χ1v) is 8.15. The van der Waals surface area contributed by atoms with Crippen LogP contribution in [0.25, 0.3) is 23.1 Å². The number of halogens is 1. The van der Waals surface area contributed by atoms with Crippen molar-refractivity contribution < 1.29 is 18.0 Å². The monoisotopic (exact) mass is 363 g/mol. The van der Waals surface area contributed by atoms with Crippen LogP contribution in [0.15, 0.2) is 69.7 Å². The van der Waals surface area contributed by atoms with Gasteiger partial charge in [0.2, 0.25) is 5.89 Å². The van der Waals surface area contributed by atoms with Crippen LogP contribution in [0.1, 0.15) is 15.9 Å². The molecule has 4 rings (SSSR count). The summed E-state index contributed by atoms with van der Waals surface area (Å²) in [6.45, 7) is 1.89. The maximum Gasteiger partial charge on any atom is 0.283 e. The molecule has 2 heterocycles. The smallest absolute Gasteiger partial charge is 0.283 e. The van der Waals surface area contributed by atoms with Crippen LogP contribution >= 0.6 is 0 Å². The van der Waals surface area contributed by atoms with E-state index in [2.05, 4.69) is 15.5 Å². The molecule has 0 saturated heterocycles. The molecular weight excluding hydrogens is 349 g/mol. The van der Waals surface area contributed by atoms with Gasteiger partial charge in [0.25, 0.3) is 11.8 Å². The summed E-state index contributed by atoms with van der Waals surface area (Å²) in [6.07, 6.45) is 1.60. The maximum absolute atomic E-state index is 13.7. The lowest BCUT2D eigenvalue weighted by Gasteiger charge is -2.06. The average Bonchev–Trinajstić information content (AvgIpc) is 3.31. The van der Waals surface area contributed by atoms with Gasteiger partial charge in [-0.3, -0.25) is 4.79 Å². The van der Waals surface area contributed by atoms with Crippen molar-refractivity contribution >= 4 is 11.6 Å². The summed E-state index contributed by atoms with van der Waals surface area (Å²) in [4.78, 5) is 12.3. The zero-order valence-electron chi connectivity index (χ0n) is 14.3. The van der Waals surface area contributed by atoms with E-state index in [1.807, 2.05) is 6.92 Å². The van der Waals surface area contributed by atoms with Crippen LogP contribution in [0, 0.1) is 12.7 Å². The van der Waals surface area contributed by atoms with Gasteiger partial charge in [-0.15, -0.1) is 10.2 Å². The highest BCUT2D eigenvalue weighted by Gasteiger charge is 2.15. The molecular formula is C20H14FN3O3. The topological polar surface area (TPSA) is 81.2 Å². The number of furan rings is 1. The molecule has 2 aromatic carbocycles. The van der Waals surface area contributed by atoms with Crippen LogP contribution in [0.2, 0.25) is 0 Å². The van der Waals surface area contributed by atoms with Crippen LogP contribution in [0.4, 0.5) is 10.1 Å². The Kier molecular flexibility index (Phi) is 4.25. The van der Waals surface area contributed by atoms with Crippen LogP contribution in [-0.4, -0.2) is 16.1 Å². The number of hydrogen-bond donors (Lipinski definition) is 1. The molecule has 0 bridgehead atoms. The molecule has 0 saturated carbocycles. The Balaban J connectivity index is 1.57. The molecule has 0 aliphatic rings. The third-order valence-electron chi connectivity index (χ3n) is 3.85. The number of nitrogens with zero attached hydrogens (tertiary/aromatic N) is 2. The third kappa shape index (κ3) is 3.48. The van der Waals surface area contributed by atoms with Crippen molar-refractivity contribution in [3.8, 4) is 23.1 Å². The van der Waals surface area contributed by atoms with Crippen molar-refractivity contribution in [2.75, 3.05) is 5.32 Å². The molecule has 6 nitrogen and oxygen atoms in total. The van der Waals surface area contributed by atoms with E-state index in [9.17, 15) is 9.18 Å². The molecule has 0 fully saturated rings. The number of aromatic nitrogens is 2. The molecule has 7 heteroatoms. The second-order valence-corrected chi connectivity index (χ2v) is 5.92. The lowest BCUT2D eigenvalue weighted by molar-refractivity contribution is 0.102. The van der Waals surface area contributed by atoms with Crippen LogP contribution in [-0.2, 0) is 0 Å².